The van der Waals surface area contributed by atoms with Gasteiger partial charge in [-0.25, -0.2) is 0 Å². The van der Waals surface area contributed by atoms with E-state index in [0.29, 0.717) is 13.0 Å². The zero-order valence-electron chi connectivity index (χ0n) is 10.8. The van der Waals surface area contributed by atoms with E-state index >= 15 is 0 Å². The standard InChI is InChI=1S/C10H22O3Si.Li/c1-10(2,3)14(4,5)13-8-6-7-9(11)12;/h6-8H2,1-5H3,(H,11,12);/q;+1/p-1. The molecule has 0 aromatic carbocycles. The van der Waals surface area contributed by atoms with Gasteiger partial charge in [-0.15, -0.1) is 0 Å². The molecule has 0 radical (unpaired) electrons. The minimum absolute atomic E-state index is 0. The molecular formula is C10H21LiO3Si. The van der Waals surface area contributed by atoms with E-state index in [1.54, 1.807) is 0 Å². The molecule has 0 aliphatic rings. The second-order valence-electron chi connectivity index (χ2n) is 5.08. The molecule has 84 valence electrons. The smallest absolute Gasteiger partial charge is 0.550 e. The van der Waals surface area contributed by atoms with Gasteiger partial charge in [0, 0.05) is 12.6 Å². The van der Waals surface area contributed by atoms with E-state index in [1.807, 2.05) is 0 Å². The summed E-state index contributed by atoms with van der Waals surface area (Å²) >= 11 is 0. The number of hydrogen-bond acceptors (Lipinski definition) is 3. The van der Waals surface area contributed by atoms with Gasteiger partial charge in [0.15, 0.2) is 8.32 Å². The van der Waals surface area contributed by atoms with Crippen LogP contribution in [-0.4, -0.2) is 20.9 Å². The average molecular weight is 224 g/mol. The van der Waals surface area contributed by atoms with Gasteiger partial charge in [-0.3, -0.25) is 0 Å². The summed E-state index contributed by atoms with van der Waals surface area (Å²) in [6, 6.07) is 0. The molecular weight excluding hydrogens is 203 g/mol. The van der Waals surface area contributed by atoms with Crippen molar-refractivity contribution in [1.82, 2.24) is 0 Å². The quantitative estimate of drug-likeness (QED) is 0.424. The third kappa shape index (κ3) is 7.18. The molecule has 0 saturated heterocycles. The maximum Gasteiger partial charge on any atom is 1.00 e. The molecule has 0 amide bonds. The number of rotatable bonds is 5. The minimum Gasteiger partial charge on any atom is -0.550 e. The fraction of sp³-hybridized carbons (Fsp3) is 0.900. The Bertz CT molecular complexity index is 199. The largest absolute Gasteiger partial charge is 1.00 e. The maximum absolute atomic E-state index is 10.2. The molecule has 0 fully saturated rings. The summed E-state index contributed by atoms with van der Waals surface area (Å²) in [7, 11) is -1.69. The Morgan fingerprint density at radius 3 is 2.13 bits per heavy atom. The first-order valence-corrected chi connectivity index (χ1v) is 7.91. The normalized spacial score (nSPS) is 12.1. The van der Waals surface area contributed by atoms with Gasteiger partial charge in [0.1, 0.15) is 0 Å². The van der Waals surface area contributed by atoms with Gasteiger partial charge in [0.05, 0.1) is 0 Å². The molecule has 0 aliphatic heterocycles. The Morgan fingerprint density at radius 1 is 1.33 bits per heavy atom. The van der Waals surface area contributed by atoms with E-state index in [0.717, 1.165) is 0 Å². The molecule has 5 heteroatoms. The van der Waals surface area contributed by atoms with Gasteiger partial charge < -0.3 is 14.3 Å². The van der Waals surface area contributed by atoms with Crippen molar-refractivity contribution in [3.63, 3.8) is 0 Å². The van der Waals surface area contributed by atoms with E-state index in [9.17, 15) is 9.90 Å². The van der Waals surface area contributed by atoms with Crippen LogP contribution in [0.25, 0.3) is 0 Å². The van der Waals surface area contributed by atoms with E-state index < -0.39 is 14.3 Å². The second-order valence-corrected chi connectivity index (χ2v) is 9.89. The number of carbonyl (C=O) groups is 1. The van der Waals surface area contributed by atoms with Crippen LogP contribution in [0.2, 0.25) is 18.1 Å². The molecule has 0 N–H and O–H groups in total. The second kappa shape index (κ2) is 6.75. The van der Waals surface area contributed by atoms with Crippen LogP contribution >= 0.6 is 0 Å². The number of carboxylic acid groups (broad SMARTS) is 1. The van der Waals surface area contributed by atoms with Crippen molar-refractivity contribution in [2.75, 3.05) is 6.61 Å². The number of hydrogen-bond donors (Lipinski definition) is 0. The van der Waals surface area contributed by atoms with Gasteiger partial charge >= 0.3 is 18.9 Å². The first kappa shape index (κ1) is 17.6. The molecule has 0 aromatic rings. The van der Waals surface area contributed by atoms with Gasteiger partial charge in [-0.05, 0) is 31.0 Å². The van der Waals surface area contributed by atoms with Crippen molar-refractivity contribution >= 4 is 14.3 Å². The third-order valence-electron chi connectivity index (χ3n) is 2.79. The van der Waals surface area contributed by atoms with Gasteiger partial charge in [-0.2, -0.15) is 0 Å². The summed E-state index contributed by atoms with van der Waals surface area (Å²) < 4.78 is 5.79. The molecule has 0 aromatic heterocycles. The predicted molar refractivity (Wildman–Crippen MR) is 57.4 cm³/mol. The summed E-state index contributed by atoms with van der Waals surface area (Å²) in [4.78, 5) is 10.2. The average Bonchev–Trinajstić information content (AvgIpc) is 1.95. The van der Waals surface area contributed by atoms with Crippen LogP contribution in [0, 0.1) is 0 Å². The van der Waals surface area contributed by atoms with Crippen LogP contribution < -0.4 is 24.0 Å². The molecule has 0 rings (SSSR count). The van der Waals surface area contributed by atoms with Crippen molar-refractivity contribution in [3.8, 4) is 0 Å². The van der Waals surface area contributed by atoms with Crippen molar-refractivity contribution < 1.29 is 33.2 Å². The van der Waals surface area contributed by atoms with Gasteiger partial charge in [0.2, 0.25) is 0 Å². The van der Waals surface area contributed by atoms with E-state index in [1.165, 1.54) is 0 Å². The van der Waals surface area contributed by atoms with Crippen LogP contribution in [-0.2, 0) is 9.22 Å². The molecule has 0 aliphatic carbocycles. The summed E-state index contributed by atoms with van der Waals surface area (Å²) in [5, 5.41) is 10.4. The molecule has 0 saturated carbocycles. The van der Waals surface area contributed by atoms with E-state index in [-0.39, 0.29) is 30.3 Å². The summed E-state index contributed by atoms with van der Waals surface area (Å²) in [6.07, 6.45) is 0.642. The Hall–Kier alpha value is 0.244. The molecule has 0 spiro atoms. The van der Waals surface area contributed by atoms with Crippen LogP contribution in [0.4, 0.5) is 0 Å². The van der Waals surface area contributed by atoms with Gasteiger partial charge in [-0.1, -0.05) is 20.8 Å². The Labute approximate surface area is 106 Å². The molecule has 15 heavy (non-hydrogen) atoms. The third-order valence-corrected chi connectivity index (χ3v) is 7.33. The Balaban J connectivity index is 0. The van der Waals surface area contributed by atoms with Crippen molar-refractivity contribution in [2.24, 2.45) is 0 Å². The van der Waals surface area contributed by atoms with Crippen LogP contribution in [0.5, 0.6) is 0 Å². The molecule has 0 atom stereocenters. The summed E-state index contributed by atoms with van der Waals surface area (Å²) in [6.45, 7) is 11.3. The van der Waals surface area contributed by atoms with E-state index in [2.05, 4.69) is 33.9 Å². The van der Waals surface area contributed by atoms with Gasteiger partial charge in [0.25, 0.3) is 0 Å². The number of carboxylic acids is 1. The first-order valence-electron chi connectivity index (χ1n) is 5.00. The van der Waals surface area contributed by atoms with Crippen molar-refractivity contribution in [3.05, 3.63) is 0 Å². The Morgan fingerprint density at radius 2 is 1.80 bits per heavy atom. The SMILES string of the molecule is CC(C)(C)[Si](C)(C)OCCCC(=O)[O-].[Li+]. The fourth-order valence-corrected chi connectivity index (χ4v) is 1.85. The van der Waals surface area contributed by atoms with Crippen LogP contribution in [0.1, 0.15) is 33.6 Å². The van der Waals surface area contributed by atoms with Crippen molar-refractivity contribution in [1.29, 1.82) is 0 Å². The topological polar surface area (TPSA) is 49.4 Å². The van der Waals surface area contributed by atoms with Crippen LogP contribution in [0.15, 0.2) is 0 Å². The summed E-state index contributed by atoms with van der Waals surface area (Å²) in [5.74, 6) is -0.996. The number of aliphatic carboxylic acids is 1. The zero-order chi connectivity index (χ0) is 11.4. The monoisotopic (exact) mass is 224 g/mol. The van der Waals surface area contributed by atoms with Crippen molar-refractivity contribution in [2.45, 2.75) is 51.7 Å². The van der Waals surface area contributed by atoms with E-state index in [4.69, 9.17) is 4.43 Å². The summed E-state index contributed by atoms with van der Waals surface area (Å²) in [5.41, 5.74) is 0. The maximum atomic E-state index is 10.2. The molecule has 0 bridgehead atoms. The van der Waals surface area contributed by atoms with Crippen LogP contribution in [0.3, 0.4) is 0 Å². The predicted octanol–water partition coefficient (Wildman–Crippen LogP) is -1.46. The fourth-order valence-electron chi connectivity index (χ4n) is 0.760. The molecule has 0 heterocycles. The molecule has 0 unspecified atom stereocenters. The molecule has 3 nitrogen and oxygen atoms in total. The zero-order valence-corrected chi connectivity index (χ0v) is 11.8. The first-order chi connectivity index (χ1) is 6.17. The minimum atomic E-state index is -1.69. The number of carbonyl (C=O) groups excluding carboxylic acids is 1. The Kier molecular flexibility index (Phi) is 7.93.